The Labute approximate surface area is 134 Å². The number of hydrogen-bond donors (Lipinski definition) is 2. The number of para-hydroxylation sites is 1. The van der Waals surface area contributed by atoms with E-state index < -0.39 is 5.97 Å². The van der Waals surface area contributed by atoms with Gasteiger partial charge in [-0.15, -0.1) is 0 Å². The second-order valence-electron chi connectivity index (χ2n) is 5.77. The fourth-order valence-electron chi connectivity index (χ4n) is 2.69. The molecule has 0 spiro atoms. The minimum atomic E-state index is -0.884. The maximum Gasteiger partial charge on any atom is 0.308 e. The molecule has 120 valence electrons. The van der Waals surface area contributed by atoms with Crippen LogP contribution in [0.2, 0.25) is 0 Å². The van der Waals surface area contributed by atoms with E-state index in [1.807, 2.05) is 30.3 Å². The lowest BCUT2D eigenvalue weighted by Crippen LogP contribution is -2.38. The van der Waals surface area contributed by atoms with Crippen LogP contribution in [-0.4, -0.2) is 33.7 Å². The fourth-order valence-corrected chi connectivity index (χ4v) is 2.69. The van der Waals surface area contributed by atoms with Gasteiger partial charge in [0.1, 0.15) is 17.9 Å². The third-order valence-corrected chi connectivity index (χ3v) is 3.94. The Morgan fingerprint density at radius 3 is 2.83 bits per heavy atom. The number of anilines is 1. The van der Waals surface area contributed by atoms with Crippen molar-refractivity contribution in [3.05, 3.63) is 48.4 Å². The van der Waals surface area contributed by atoms with Gasteiger partial charge in [0.05, 0.1) is 13.0 Å². The zero-order valence-electron chi connectivity index (χ0n) is 12.7. The largest absolute Gasteiger partial charge is 0.493 e. The molecule has 6 nitrogen and oxygen atoms in total. The molecule has 23 heavy (non-hydrogen) atoms. The van der Waals surface area contributed by atoms with Crippen molar-refractivity contribution < 1.29 is 14.6 Å². The Bertz CT molecular complexity index is 657. The molecule has 1 aliphatic rings. The highest BCUT2D eigenvalue weighted by Gasteiger charge is 2.30. The van der Waals surface area contributed by atoms with E-state index in [-0.39, 0.29) is 6.42 Å². The molecule has 1 heterocycles. The second-order valence-corrected chi connectivity index (χ2v) is 5.77. The number of aliphatic carboxylic acids is 1. The zero-order valence-corrected chi connectivity index (χ0v) is 12.7. The minimum absolute atomic E-state index is 0.0730. The fraction of sp³-hybridized carbons (Fsp3) is 0.353. The van der Waals surface area contributed by atoms with Crippen molar-refractivity contribution in [2.24, 2.45) is 5.92 Å². The van der Waals surface area contributed by atoms with Crippen LogP contribution in [0.25, 0.3) is 0 Å². The Kier molecular flexibility index (Phi) is 4.71. The van der Waals surface area contributed by atoms with Crippen LogP contribution >= 0.6 is 0 Å². The number of carbonyl (C=O) groups is 1. The van der Waals surface area contributed by atoms with Crippen molar-refractivity contribution >= 4 is 11.8 Å². The van der Waals surface area contributed by atoms with E-state index in [1.54, 1.807) is 6.20 Å². The third-order valence-electron chi connectivity index (χ3n) is 3.94. The van der Waals surface area contributed by atoms with Gasteiger partial charge in [0.15, 0.2) is 0 Å². The molecule has 0 unspecified atom stereocenters. The summed E-state index contributed by atoms with van der Waals surface area (Å²) in [5, 5.41) is 12.2. The van der Waals surface area contributed by atoms with Crippen molar-refractivity contribution in [3.8, 4) is 5.75 Å². The number of nitrogens with one attached hydrogen (secondary N) is 1. The molecule has 1 aromatic carbocycles. The first-order valence-corrected chi connectivity index (χ1v) is 7.66. The van der Waals surface area contributed by atoms with E-state index in [0.29, 0.717) is 29.9 Å². The highest BCUT2D eigenvalue weighted by atomic mass is 16.5. The quantitative estimate of drug-likeness (QED) is 0.816. The van der Waals surface area contributed by atoms with Crippen molar-refractivity contribution in [2.75, 3.05) is 11.9 Å². The molecule has 2 N–H and O–H groups in total. The molecule has 0 aliphatic heterocycles. The first-order chi connectivity index (χ1) is 11.2. The first-order valence-electron chi connectivity index (χ1n) is 7.66. The van der Waals surface area contributed by atoms with Crippen LogP contribution in [0.3, 0.4) is 0 Å². The summed E-state index contributed by atoms with van der Waals surface area (Å²) < 4.78 is 5.75. The Balaban J connectivity index is 1.46. The number of rotatable bonds is 7. The van der Waals surface area contributed by atoms with Crippen molar-refractivity contribution in [1.29, 1.82) is 0 Å². The van der Waals surface area contributed by atoms with Crippen LogP contribution < -0.4 is 10.1 Å². The van der Waals surface area contributed by atoms with Crippen molar-refractivity contribution in [2.45, 2.75) is 25.3 Å². The van der Waals surface area contributed by atoms with Gasteiger partial charge in [-0.3, -0.25) is 4.79 Å². The molecule has 0 radical (unpaired) electrons. The smallest absolute Gasteiger partial charge is 0.308 e. The number of hydrogen-bond acceptors (Lipinski definition) is 5. The molecule has 2 aromatic rings. The summed E-state index contributed by atoms with van der Waals surface area (Å²) in [4.78, 5) is 18.9. The molecule has 0 atom stereocenters. The molecule has 0 bridgehead atoms. The zero-order chi connectivity index (χ0) is 16.1. The van der Waals surface area contributed by atoms with E-state index in [2.05, 4.69) is 15.3 Å². The van der Waals surface area contributed by atoms with Gasteiger partial charge in [0.25, 0.3) is 0 Å². The van der Waals surface area contributed by atoms with Crippen LogP contribution in [0.15, 0.2) is 42.9 Å². The monoisotopic (exact) mass is 313 g/mol. The van der Waals surface area contributed by atoms with Crippen LogP contribution in [0, 0.1) is 5.92 Å². The summed E-state index contributed by atoms with van der Waals surface area (Å²) in [5.74, 6) is 1.14. The number of benzene rings is 1. The van der Waals surface area contributed by atoms with Crippen LogP contribution in [0.1, 0.15) is 18.4 Å². The Morgan fingerprint density at radius 1 is 1.30 bits per heavy atom. The first kappa shape index (κ1) is 15.3. The van der Waals surface area contributed by atoms with Crippen molar-refractivity contribution in [1.82, 2.24) is 9.97 Å². The van der Waals surface area contributed by atoms with E-state index in [4.69, 9.17) is 9.84 Å². The maximum atomic E-state index is 10.9. The van der Waals surface area contributed by atoms with E-state index in [9.17, 15) is 4.79 Å². The number of ether oxygens (including phenoxy) is 1. The van der Waals surface area contributed by atoms with E-state index in [0.717, 1.165) is 18.6 Å². The number of carboxylic acid groups (broad SMARTS) is 1. The lowest BCUT2D eigenvalue weighted by molar-refractivity contribution is -0.136. The lowest BCUT2D eigenvalue weighted by atomic mass is 9.81. The normalized spacial score (nSPS) is 19.7. The third kappa shape index (κ3) is 4.18. The van der Waals surface area contributed by atoms with E-state index in [1.165, 1.54) is 6.33 Å². The summed E-state index contributed by atoms with van der Waals surface area (Å²) in [6.45, 7) is 0.702. The SMILES string of the molecule is O=C(O)Cc1cncnc1NC1CC(COc2ccccc2)C1. The maximum absolute atomic E-state index is 10.9. The molecule has 1 aliphatic carbocycles. The standard InChI is InChI=1S/C17H19N3O3/c21-16(22)8-13-9-18-11-19-17(13)20-14-6-12(7-14)10-23-15-4-2-1-3-5-15/h1-5,9,11-12,14H,6-8,10H2,(H,21,22)(H,18,19,20). The van der Waals surface area contributed by atoms with Gasteiger partial charge in [-0.2, -0.15) is 0 Å². The number of aromatic nitrogens is 2. The van der Waals surface area contributed by atoms with Gasteiger partial charge in [0, 0.05) is 17.8 Å². The molecular weight excluding hydrogens is 294 g/mol. The second kappa shape index (κ2) is 7.09. The molecule has 0 amide bonds. The molecule has 0 saturated heterocycles. The van der Waals surface area contributed by atoms with Gasteiger partial charge in [0.2, 0.25) is 0 Å². The lowest BCUT2D eigenvalue weighted by Gasteiger charge is -2.36. The van der Waals surface area contributed by atoms with Crippen molar-refractivity contribution in [3.63, 3.8) is 0 Å². The van der Waals surface area contributed by atoms with Crippen LogP contribution in [-0.2, 0) is 11.2 Å². The molecular formula is C17H19N3O3. The molecule has 1 saturated carbocycles. The Morgan fingerprint density at radius 2 is 2.09 bits per heavy atom. The van der Waals surface area contributed by atoms with Crippen LogP contribution in [0.4, 0.5) is 5.82 Å². The molecule has 6 heteroatoms. The highest BCUT2D eigenvalue weighted by molar-refractivity contribution is 5.72. The van der Waals surface area contributed by atoms with Crippen LogP contribution in [0.5, 0.6) is 5.75 Å². The highest BCUT2D eigenvalue weighted by Crippen LogP contribution is 2.31. The van der Waals surface area contributed by atoms with Gasteiger partial charge in [-0.05, 0) is 30.9 Å². The summed E-state index contributed by atoms with van der Waals surface area (Å²) >= 11 is 0. The average molecular weight is 313 g/mol. The topological polar surface area (TPSA) is 84.3 Å². The number of carboxylic acids is 1. The van der Waals surface area contributed by atoms with Gasteiger partial charge < -0.3 is 15.2 Å². The summed E-state index contributed by atoms with van der Waals surface area (Å²) in [7, 11) is 0. The molecule has 1 aromatic heterocycles. The van der Waals surface area contributed by atoms with E-state index >= 15 is 0 Å². The minimum Gasteiger partial charge on any atom is -0.493 e. The van der Waals surface area contributed by atoms with Gasteiger partial charge in [-0.25, -0.2) is 9.97 Å². The summed E-state index contributed by atoms with van der Waals surface area (Å²) in [6, 6.07) is 10.1. The molecule has 1 fully saturated rings. The predicted molar refractivity (Wildman–Crippen MR) is 85.4 cm³/mol. The summed E-state index contributed by atoms with van der Waals surface area (Å²) in [5.41, 5.74) is 0.615. The molecule has 3 rings (SSSR count). The number of nitrogens with zero attached hydrogens (tertiary/aromatic N) is 2. The predicted octanol–water partition coefficient (Wildman–Crippen LogP) is 2.37. The van der Waals surface area contributed by atoms with Gasteiger partial charge in [-0.1, -0.05) is 18.2 Å². The summed E-state index contributed by atoms with van der Waals surface area (Å²) in [6.07, 6.45) is 4.89. The Hall–Kier alpha value is -2.63. The van der Waals surface area contributed by atoms with Gasteiger partial charge >= 0.3 is 5.97 Å². The average Bonchev–Trinajstić information content (AvgIpc) is 2.51.